The number of piperidine rings is 2. The Morgan fingerprint density at radius 1 is 0.487 bits per heavy atom. The average Bonchev–Trinajstić information content (AvgIpc) is 3.33. The third-order valence-electron chi connectivity index (χ3n) is 14.3. The number of rotatable bonds is 12. The summed E-state index contributed by atoms with van der Waals surface area (Å²) in [5, 5.41) is 0. The van der Waals surface area contributed by atoms with Crippen LogP contribution in [0.4, 0.5) is 71.1 Å². The Bertz CT molecular complexity index is 2380. The SMILES string of the molecule is CCN(CC)[C@@H]1CCN(C(=O)N(C)Cc2cc(C(F)(F)F)cc(C(F)(F)F)c2)[C@H](c2ccc(F)cc2C)C1.CCN(CC)[C@H]1CCN(C(=O)N(C)Cc2cc(C(F)(F)F)cc(C(F)(F)F)c2)[C@@H](c2ccc(F)cc2C)C1.Cl.Cl. The van der Waals surface area contributed by atoms with Gasteiger partial charge in [0, 0.05) is 52.4 Å². The Kier molecular flexibility index (Phi) is 23.6. The van der Waals surface area contributed by atoms with Crippen LogP contribution in [0, 0.1) is 25.5 Å². The molecule has 0 bridgehead atoms. The van der Waals surface area contributed by atoms with Crippen LogP contribution in [0.25, 0.3) is 0 Å². The minimum atomic E-state index is -4.98. The second-order valence-corrected chi connectivity index (χ2v) is 19.3. The summed E-state index contributed by atoms with van der Waals surface area (Å²) in [5.41, 5.74) is -3.46. The van der Waals surface area contributed by atoms with Crippen molar-refractivity contribution in [3.63, 3.8) is 0 Å². The fourth-order valence-corrected chi connectivity index (χ4v) is 10.5. The van der Waals surface area contributed by atoms with Crippen molar-refractivity contribution in [3.05, 3.63) is 140 Å². The van der Waals surface area contributed by atoms with Gasteiger partial charge in [0.2, 0.25) is 0 Å². The average molecular weight is 1170 g/mol. The van der Waals surface area contributed by atoms with Crippen molar-refractivity contribution in [2.75, 3.05) is 53.4 Å². The van der Waals surface area contributed by atoms with Gasteiger partial charge in [-0.05, 0) is 160 Å². The summed E-state index contributed by atoms with van der Waals surface area (Å²) in [6.07, 6.45) is -17.5. The van der Waals surface area contributed by atoms with E-state index in [4.69, 9.17) is 0 Å². The first-order chi connectivity index (χ1) is 35.3. The molecule has 8 nitrogen and oxygen atoms in total. The van der Waals surface area contributed by atoms with Gasteiger partial charge in [-0.1, -0.05) is 39.8 Å². The molecule has 0 aliphatic carbocycles. The highest BCUT2D eigenvalue weighted by Crippen LogP contribution is 2.41. The van der Waals surface area contributed by atoms with Crippen LogP contribution in [0.5, 0.6) is 0 Å². The zero-order valence-corrected chi connectivity index (χ0v) is 46.0. The number of nitrogens with zero attached hydrogens (tertiary/aromatic N) is 6. The molecule has 0 unspecified atom stereocenters. The van der Waals surface area contributed by atoms with Crippen molar-refractivity contribution in [1.29, 1.82) is 0 Å². The van der Waals surface area contributed by atoms with E-state index in [1.165, 1.54) is 38.4 Å². The molecular formula is C54H66Cl2F14N6O2. The molecule has 2 aliphatic rings. The zero-order chi connectivity index (χ0) is 56.8. The van der Waals surface area contributed by atoms with Crippen molar-refractivity contribution in [2.45, 2.75) is 129 Å². The first-order valence-electron chi connectivity index (χ1n) is 24.9. The second kappa shape index (κ2) is 27.4. The van der Waals surface area contributed by atoms with Crippen LogP contribution in [-0.2, 0) is 37.8 Å². The Morgan fingerprint density at radius 3 is 1.01 bits per heavy atom. The molecule has 0 radical (unpaired) electrons. The zero-order valence-electron chi connectivity index (χ0n) is 44.3. The van der Waals surface area contributed by atoms with Gasteiger partial charge in [0.15, 0.2) is 0 Å². The largest absolute Gasteiger partial charge is 0.416 e. The molecule has 4 atom stereocenters. The highest BCUT2D eigenvalue weighted by atomic mass is 35.5. The maximum absolute atomic E-state index is 13.8. The van der Waals surface area contributed by atoms with Crippen LogP contribution in [-0.4, -0.2) is 107 Å². The number of aryl methyl sites for hydroxylation is 2. The third kappa shape index (κ3) is 17.0. The summed E-state index contributed by atoms with van der Waals surface area (Å²) in [5.74, 6) is -0.829. The third-order valence-corrected chi connectivity index (χ3v) is 14.3. The van der Waals surface area contributed by atoms with Crippen molar-refractivity contribution < 1.29 is 71.1 Å². The fourth-order valence-electron chi connectivity index (χ4n) is 10.5. The van der Waals surface area contributed by atoms with E-state index >= 15 is 0 Å². The van der Waals surface area contributed by atoms with Crippen LogP contribution in [0.1, 0.15) is 121 Å². The highest BCUT2D eigenvalue weighted by molar-refractivity contribution is 5.85. The van der Waals surface area contributed by atoms with Crippen LogP contribution >= 0.6 is 24.8 Å². The van der Waals surface area contributed by atoms with Gasteiger partial charge in [-0.3, -0.25) is 0 Å². The lowest BCUT2D eigenvalue weighted by Crippen LogP contribution is -2.51. The Morgan fingerprint density at radius 2 is 0.769 bits per heavy atom. The normalized spacial score (nSPS) is 18.2. The number of hydrogen-bond donors (Lipinski definition) is 0. The van der Waals surface area contributed by atoms with E-state index in [-0.39, 0.29) is 60.2 Å². The van der Waals surface area contributed by atoms with Gasteiger partial charge in [0.25, 0.3) is 0 Å². The van der Waals surface area contributed by atoms with E-state index in [2.05, 4.69) is 9.80 Å². The summed E-state index contributed by atoms with van der Waals surface area (Å²) in [6.45, 7) is 14.6. The number of urea groups is 2. The minimum absolute atomic E-state index is 0. The maximum Gasteiger partial charge on any atom is 0.416 e. The number of hydrogen-bond acceptors (Lipinski definition) is 4. The van der Waals surface area contributed by atoms with E-state index in [1.54, 1.807) is 35.8 Å². The van der Waals surface area contributed by atoms with Gasteiger partial charge in [-0.2, -0.15) is 52.7 Å². The second-order valence-electron chi connectivity index (χ2n) is 19.3. The van der Waals surface area contributed by atoms with Gasteiger partial charge in [-0.15, -0.1) is 24.8 Å². The monoisotopic (exact) mass is 1170 g/mol. The number of halogens is 16. The van der Waals surface area contributed by atoms with Gasteiger partial charge in [-0.25, -0.2) is 18.4 Å². The molecule has 24 heteroatoms. The predicted octanol–water partition coefficient (Wildman–Crippen LogP) is 15.4. The molecule has 2 saturated heterocycles. The van der Waals surface area contributed by atoms with Gasteiger partial charge in [0.05, 0.1) is 34.3 Å². The molecule has 0 N–H and O–H groups in total. The first kappa shape index (κ1) is 67.2. The molecule has 2 fully saturated rings. The molecule has 436 valence electrons. The minimum Gasteiger partial charge on any atom is -0.323 e. The molecule has 2 aliphatic heterocycles. The molecule has 4 aromatic rings. The lowest BCUT2D eigenvalue weighted by Gasteiger charge is -2.44. The van der Waals surface area contributed by atoms with Crippen molar-refractivity contribution >= 4 is 36.9 Å². The fraction of sp³-hybridized carbons (Fsp3) is 0.519. The molecule has 4 aromatic carbocycles. The van der Waals surface area contributed by atoms with Gasteiger partial charge in [0.1, 0.15) is 11.6 Å². The van der Waals surface area contributed by atoms with Crippen molar-refractivity contribution in [1.82, 2.24) is 29.4 Å². The number of carbonyl (C=O) groups is 2. The van der Waals surface area contributed by atoms with Crippen molar-refractivity contribution in [2.24, 2.45) is 0 Å². The number of likely N-dealkylation sites (tertiary alicyclic amines) is 2. The number of alkyl halides is 12. The standard InChI is InChI=1S/2C27H32F7N3O.2ClH/c2*1-5-36(6-2)22-9-10-37(24(15-22)23-8-7-21(28)11-17(23)3)25(38)35(4)16-18-12-19(26(29,30)31)14-20(13-18)27(32,33)34;;/h2*7-8,11-14,22,24H,5-6,9-10,15-16H2,1-4H3;2*1H/t2*22-,24+;;/m10../s1. The quantitative estimate of drug-likeness (QED) is 0.133. The van der Waals surface area contributed by atoms with E-state index in [9.17, 15) is 71.1 Å². The van der Waals surface area contributed by atoms with E-state index < -0.39 is 95.8 Å². The Hall–Kier alpha value is -5.06. The maximum atomic E-state index is 13.8. The van der Waals surface area contributed by atoms with Crippen LogP contribution in [0.15, 0.2) is 72.8 Å². The summed E-state index contributed by atoms with van der Waals surface area (Å²) in [6, 6.07) is 9.71. The number of benzene rings is 4. The van der Waals surface area contributed by atoms with Crippen molar-refractivity contribution in [3.8, 4) is 0 Å². The molecule has 0 saturated carbocycles. The lowest BCUT2D eigenvalue weighted by molar-refractivity contribution is -0.144. The molecule has 2 heterocycles. The Labute approximate surface area is 458 Å². The molecule has 78 heavy (non-hydrogen) atoms. The molecule has 0 aromatic heterocycles. The molecular weight excluding hydrogens is 1100 g/mol. The summed E-state index contributed by atoms with van der Waals surface area (Å²) >= 11 is 0. The van der Waals surface area contributed by atoms with Crippen LogP contribution < -0.4 is 0 Å². The lowest BCUT2D eigenvalue weighted by atomic mass is 9.88. The topological polar surface area (TPSA) is 53.6 Å². The number of amides is 4. The molecule has 0 spiro atoms. The van der Waals surface area contributed by atoms with Crippen LogP contribution in [0.3, 0.4) is 0 Å². The van der Waals surface area contributed by atoms with Crippen LogP contribution in [0.2, 0.25) is 0 Å². The summed E-state index contributed by atoms with van der Waals surface area (Å²) in [4.78, 5) is 37.1. The van der Waals surface area contributed by atoms with E-state index in [0.717, 1.165) is 47.1 Å². The predicted molar refractivity (Wildman–Crippen MR) is 274 cm³/mol. The highest BCUT2D eigenvalue weighted by Gasteiger charge is 2.41. The molecule has 4 amide bonds. The summed E-state index contributed by atoms with van der Waals surface area (Å²) in [7, 11) is 2.70. The Balaban J connectivity index is 0.000000400. The van der Waals surface area contributed by atoms with E-state index in [0.29, 0.717) is 74.2 Å². The smallest absolute Gasteiger partial charge is 0.323 e. The van der Waals surface area contributed by atoms with Gasteiger partial charge >= 0.3 is 36.8 Å². The first-order valence-corrected chi connectivity index (χ1v) is 24.9. The summed E-state index contributed by atoms with van der Waals surface area (Å²) < 4.78 is 187. The van der Waals surface area contributed by atoms with E-state index in [1.807, 2.05) is 27.7 Å². The van der Waals surface area contributed by atoms with Gasteiger partial charge < -0.3 is 29.4 Å². The number of carbonyl (C=O) groups excluding carboxylic acids is 2. The molecule has 6 rings (SSSR count).